The molecule has 0 aromatic heterocycles. The second-order valence-electron chi connectivity index (χ2n) is 6.00. The average molecular weight is 293 g/mol. The highest BCUT2D eigenvalue weighted by atomic mass is 16.5. The molecule has 116 valence electrons. The molecule has 1 saturated heterocycles. The summed E-state index contributed by atoms with van der Waals surface area (Å²) in [5.74, 6) is -0.0391. The number of benzene rings is 1. The number of aliphatic hydroxyl groups excluding tert-OH is 1. The number of amides is 1. The van der Waals surface area contributed by atoms with Crippen molar-refractivity contribution in [2.24, 2.45) is 0 Å². The molecular weight excluding hydrogens is 270 g/mol. The van der Waals surface area contributed by atoms with Crippen LogP contribution in [0.25, 0.3) is 0 Å². The third-order valence-corrected chi connectivity index (χ3v) is 3.46. The Morgan fingerprint density at radius 3 is 2.95 bits per heavy atom. The number of carbonyl (C=O) groups excluding carboxylic acids is 1. The van der Waals surface area contributed by atoms with Gasteiger partial charge in [0.1, 0.15) is 0 Å². The van der Waals surface area contributed by atoms with E-state index in [2.05, 4.69) is 0 Å². The van der Waals surface area contributed by atoms with Gasteiger partial charge in [-0.25, -0.2) is 0 Å². The van der Waals surface area contributed by atoms with Gasteiger partial charge in [-0.2, -0.15) is 0 Å². The number of morpholine rings is 1. The molecule has 2 rings (SSSR count). The minimum atomic E-state index is -0.453. The van der Waals surface area contributed by atoms with Crippen LogP contribution < -0.4 is 0 Å². The van der Waals surface area contributed by atoms with Gasteiger partial charge in [-0.1, -0.05) is 12.1 Å². The molecule has 1 N–H and O–H groups in total. The lowest BCUT2D eigenvalue weighted by Gasteiger charge is -2.42. The van der Waals surface area contributed by atoms with E-state index in [0.717, 1.165) is 5.56 Å². The number of rotatable bonds is 4. The molecule has 0 bridgehead atoms. The maximum absolute atomic E-state index is 12.7. The van der Waals surface area contributed by atoms with E-state index in [1.54, 1.807) is 18.1 Å². The first kappa shape index (κ1) is 15.9. The fourth-order valence-corrected chi connectivity index (χ4v) is 2.69. The van der Waals surface area contributed by atoms with Crippen LogP contribution in [0.2, 0.25) is 0 Å². The van der Waals surface area contributed by atoms with E-state index < -0.39 is 5.60 Å². The van der Waals surface area contributed by atoms with Gasteiger partial charge >= 0.3 is 0 Å². The molecule has 1 aromatic carbocycles. The second-order valence-corrected chi connectivity index (χ2v) is 6.00. The van der Waals surface area contributed by atoms with Gasteiger partial charge in [0.25, 0.3) is 5.91 Å². The summed E-state index contributed by atoms with van der Waals surface area (Å²) >= 11 is 0. The molecule has 0 saturated carbocycles. The molecular formula is C16H23NO4. The highest BCUT2D eigenvalue weighted by Crippen LogP contribution is 2.22. The summed E-state index contributed by atoms with van der Waals surface area (Å²) < 4.78 is 10.8. The Balaban J connectivity index is 2.16. The van der Waals surface area contributed by atoms with Gasteiger partial charge in [0.15, 0.2) is 0 Å². The number of hydrogen-bond donors (Lipinski definition) is 1. The van der Waals surface area contributed by atoms with Crippen LogP contribution in [0, 0.1) is 0 Å². The highest BCUT2D eigenvalue weighted by molar-refractivity contribution is 5.94. The summed E-state index contributed by atoms with van der Waals surface area (Å²) in [6.07, 6.45) is -0.333. The summed E-state index contributed by atoms with van der Waals surface area (Å²) in [6.45, 7) is 5.17. The SMILES string of the molecule is COCc1cccc(C(=O)N2CC(CO)OC(C)(C)C2)c1. The van der Waals surface area contributed by atoms with E-state index in [1.165, 1.54) is 0 Å². The predicted molar refractivity (Wildman–Crippen MR) is 79.1 cm³/mol. The lowest BCUT2D eigenvalue weighted by Crippen LogP contribution is -2.55. The van der Waals surface area contributed by atoms with E-state index in [0.29, 0.717) is 25.3 Å². The van der Waals surface area contributed by atoms with Crippen molar-refractivity contribution in [3.8, 4) is 0 Å². The molecule has 1 atom stereocenters. The average Bonchev–Trinajstić information content (AvgIpc) is 2.45. The Bertz CT molecular complexity index is 501. The highest BCUT2D eigenvalue weighted by Gasteiger charge is 2.35. The number of carbonyl (C=O) groups is 1. The third kappa shape index (κ3) is 4.03. The first-order valence-electron chi connectivity index (χ1n) is 7.11. The number of nitrogens with zero attached hydrogens (tertiary/aromatic N) is 1. The zero-order valence-electron chi connectivity index (χ0n) is 12.8. The monoisotopic (exact) mass is 293 g/mol. The first-order valence-corrected chi connectivity index (χ1v) is 7.11. The fourth-order valence-electron chi connectivity index (χ4n) is 2.69. The fraction of sp³-hybridized carbons (Fsp3) is 0.562. The van der Waals surface area contributed by atoms with Crippen molar-refractivity contribution in [2.45, 2.75) is 32.2 Å². The largest absolute Gasteiger partial charge is 0.394 e. The Kier molecular flexibility index (Phi) is 4.98. The Morgan fingerprint density at radius 2 is 2.29 bits per heavy atom. The van der Waals surface area contributed by atoms with Crippen LogP contribution in [0.4, 0.5) is 0 Å². The zero-order valence-corrected chi connectivity index (χ0v) is 12.8. The Labute approximate surface area is 125 Å². The molecule has 1 aliphatic heterocycles. The van der Waals surface area contributed by atoms with E-state index >= 15 is 0 Å². The van der Waals surface area contributed by atoms with E-state index in [9.17, 15) is 9.90 Å². The van der Waals surface area contributed by atoms with Crippen molar-refractivity contribution in [1.29, 1.82) is 0 Å². The Hall–Kier alpha value is -1.43. The van der Waals surface area contributed by atoms with Crippen LogP contribution in [0.5, 0.6) is 0 Å². The summed E-state index contributed by atoms with van der Waals surface area (Å²) in [5, 5.41) is 9.33. The number of methoxy groups -OCH3 is 1. The molecule has 5 nitrogen and oxygen atoms in total. The van der Waals surface area contributed by atoms with Gasteiger partial charge in [0.2, 0.25) is 0 Å². The van der Waals surface area contributed by atoms with Gasteiger partial charge < -0.3 is 19.5 Å². The molecule has 1 heterocycles. The summed E-state index contributed by atoms with van der Waals surface area (Å²) in [4.78, 5) is 14.4. The zero-order chi connectivity index (χ0) is 15.5. The summed E-state index contributed by atoms with van der Waals surface area (Å²) in [7, 11) is 1.63. The summed E-state index contributed by atoms with van der Waals surface area (Å²) in [5.41, 5.74) is 1.15. The number of ether oxygens (including phenoxy) is 2. The van der Waals surface area contributed by atoms with Gasteiger partial charge in [-0.3, -0.25) is 4.79 Å². The normalized spacial score (nSPS) is 21.3. The molecule has 1 fully saturated rings. The van der Waals surface area contributed by atoms with E-state index in [4.69, 9.17) is 9.47 Å². The summed E-state index contributed by atoms with van der Waals surface area (Å²) in [6, 6.07) is 7.44. The van der Waals surface area contributed by atoms with Crippen molar-refractivity contribution in [3.63, 3.8) is 0 Å². The van der Waals surface area contributed by atoms with Crippen LogP contribution in [0.1, 0.15) is 29.8 Å². The second kappa shape index (κ2) is 6.56. The van der Waals surface area contributed by atoms with Gasteiger partial charge in [0, 0.05) is 25.8 Å². The van der Waals surface area contributed by atoms with Crippen LogP contribution in [-0.4, -0.2) is 54.4 Å². The van der Waals surface area contributed by atoms with Gasteiger partial charge in [-0.05, 0) is 31.5 Å². The minimum Gasteiger partial charge on any atom is -0.394 e. The molecule has 1 unspecified atom stereocenters. The van der Waals surface area contributed by atoms with Gasteiger partial charge in [-0.15, -0.1) is 0 Å². The topological polar surface area (TPSA) is 59.0 Å². The maximum Gasteiger partial charge on any atom is 0.254 e. The molecule has 1 aliphatic rings. The van der Waals surface area contributed by atoms with Crippen molar-refractivity contribution >= 4 is 5.91 Å². The number of hydrogen-bond acceptors (Lipinski definition) is 4. The quantitative estimate of drug-likeness (QED) is 0.912. The van der Waals surface area contributed by atoms with Crippen LogP contribution in [0.15, 0.2) is 24.3 Å². The minimum absolute atomic E-state index is 0.0391. The lowest BCUT2D eigenvalue weighted by atomic mass is 10.0. The Morgan fingerprint density at radius 1 is 1.52 bits per heavy atom. The predicted octanol–water partition coefficient (Wildman–Crippen LogP) is 1.44. The lowest BCUT2D eigenvalue weighted by molar-refractivity contribution is -0.139. The first-order chi connectivity index (χ1) is 9.95. The molecule has 21 heavy (non-hydrogen) atoms. The number of aliphatic hydroxyl groups is 1. The molecule has 0 spiro atoms. The van der Waals surface area contributed by atoms with E-state index in [1.807, 2.05) is 32.0 Å². The van der Waals surface area contributed by atoms with Crippen molar-refractivity contribution in [3.05, 3.63) is 35.4 Å². The molecule has 5 heteroatoms. The van der Waals surface area contributed by atoms with Crippen molar-refractivity contribution in [2.75, 3.05) is 26.8 Å². The van der Waals surface area contributed by atoms with Gasteiger partial charge in [0.05, 0.1) is 24.9 Å². The third-order valence-electron chi connectivity index (χ3n) is 3.46. The molecule has 0 radical (unpaired) electrons. The molecule has 1 amide bonds. The van der Waals surface area contributed by atoms with Crippen molar-refractivity contribution in [1.82, 2.24) is 4.90 Å². The van der Waals surface area contributed by atoms with Crippen molar-refractivity contribution < 1.29 is 19.4 Å². The maximum atomic E-state index is 12.7. The molecule has 1 aromatic rings. The van der Waals surface area contributed by atoms with Crippen LogP contribution >= 0.6 is 0 Å². The molecule has 0 aliphatic carbocycles. The standard InChI is InChI=1S/C16H23NO4/c1-16(2)11-17(8-14(9-18)21-16)15(19)13-6-4-5-12(7-13)10-20-3/h4-7,14,18H,8-11H2,1-3H3. The van der Waals surface area contributed by atoms with Crippen LogP contribution in [0.3, 0.4) is 0 Å². The van der Waals surface area contributed by atoms with Crippen LogP contribution in [-0.2, 0) is 16.1 Å². The van der Waals surface area contributed by atoms with E-state index in [-0.39, 0.29) is 18.6 Å². The smallest absolute Gasteiger partial charge is 0.254 e.